The van der Waals surface area contributed by atoms with E-state index in [1.807, 2.05) is 6.07 Å². The third-order valence-corrected chi connectivity index (χ3v) is 4.62. The molecule has 8 heteroatoms. The lowest BCUT2D eigenvalue weighted by molar-refractivity contribution is 0.0754. The van der Waals surface area contributed by atoms with Gasteiger partial charge in [0.05, 0.1) is 12.2 Å². The molecule has 0 saturated carbocycles. The van der Waals surface area contributed by atoms with Gasteiger partial charge in [-0.25, -0.2) is 8.78 Å². The fraction of sp³-hybridized carbons (Fsp3) is 0.300. The molecule has 0 spiro atoms. The Labute approximate surface area is 160 Å². The molecule has 1 aliphatic rings. The average molecular weight is 384 g/mol. The average Bonchev–Trinajstić information content (AvgIpc) is 2.81. The van der Waals surface area contributed by atoms with E-state index < -0.39 is 17.5 Å². The molecule has 2 heterocycles. The normalized spacial score (nSPS) is 22.1. The highest BCUT2D eigenvalue weighted by Crippen LogP contribution is 2.35. The molecular formula is C20H18F2N4O2. The first-order valence-electron chi connectivity index (χ1n) is 8.57. The van der Waals surface area contributed by atoms with Crippen LogP contribution in [0.5, 0.6) is 0 Å². The number of alkyl halides is 1. The maximum absolute atomic E-state index is 14.7. The number of nitrogens with two attached hydrogens (primary N) is 1. The number of ketones is 1. The van der Waals surface area contributed by atoms with Gasteiger partial charge in [0.1, 0.15) is 35.6 Å². The number of aliphatic imine (C=N–C) groups is 1. The molecule has 0 unspecified atom stereocenters. The van der Waals surface area contributed by atoms with Gasteiger partial charge in [-0.3, -0.25) is 14.8 Å². The number of aromatic nitrogens is 1. The number of halogens is 2. The molecule has 0 bridgehead atoms. The van der Waals surface area contributed by atoms with Gasteiger partial charge in [0.25, 0.3) is 0 Å². The molecule has 1 aromatic heterocycles. The highest BCUT2D eigenvalue weighted by molar-refractivity contribution is 5.95. The zero-order chi connectivity index (χ0) is 20.3. The SMILES string of the molecule is C[C@]1(c2cc(CC(=O)c3ccc(C#N)cn3)ccc2F)N=C(N)COC[C@@H]1F. The maximum Gasteiger partial charge on any atom is 0.185 e. The molecule has 2 atom stereocenters. The molecule has 0 radical (unpaired) electrons. The molecule has 0 amide bonds. The van der Waals surface area contributed by atoms with E-state index in [0.29, 0.717) is 11.1 Å². The minimum absolute atomic E-state index is 0.00605. The number of nitriles is 1. The lowest BCUT2D eigenvalue weighted by Gasteiger charge is -2.28. The van der Waals surface area contributed by atoms with Gasteiger partial charge in [-0.1, -0.05) is 6.07 Å². The van der Waals surface area contributed by atoms with Crippen LogP contribution in [0.4, 0.5) is 8.78 Å². The number of nitrogens with zero attached hydrogens (tertiary/aromatic N) is 3. The van der Waals surface area contributed by atoms with Crippen molar-refractivity contribution in [2.45, 2.75) is 25.1 Å². The van der Waals surface area contributed by atoms with Gasteiger partial charge in [0.2, 0.25) is 0 Å². The summed E-state index contributed by atoms with van der Waals surface area (Å²) < 4.78 is 34.3. The Kier molecular flexibility index (Phi) is 5.47. The van der Waals surface area contributed by atoms with Gasteiger partial charge in [-0.05, 0) is 36.8 Å². The van der Waals surface area contributed by atoms with Crippen molar-refractivity contribution in [1.29, 1.82) is 5.26 Å². The topological polar surface area (TPSA) is 101 Å². The third kappa shape index (κ3) is 3.89. The maximum atomic E-state index is 14.7. The second-order valence-electron chi connectivity index (χ2n) is 6.69. The Hall–Kier alpha value is -3.18. The van der Waals surface area contributed by atoms with E-state index in [-0.39, 0.29) is 42.5 Å². The van der Waals surface area contributed by atoms with E-state index in [9.17, 15) is 13.6 Å². The highest BCUT2D eigenvalue weighted by atomic mass is 19.1. The van der Waals surface area contributed by atoms with E-state index in [1.54, 1.807) is 0 Å². The van der Waals surface area contributed by atoms with E-state index >= 15 is 0 Å². The van der Waals surface area contributed by atoms with E-state index in [0.717, 1.165) is 0 Å². The van der Waals surface area contributed by atoms with Crippen molar-refractivity contribution < 1.29 is 18.3 Å². The molecule has 2 N–H and O–H groups in total. The standard InChI is InChI=1S/C20H18F2N4O2/c1-20(18(22)10-28-11-19(24)26-20)14-6-12(2-4-15(14)21)7-17(27)16-5-3-13(8-23)9-25-16/h2-6,9,18H,7,10-11H2,1H3,(H2,24,26)/t18-,20+/m0/s1. The largest absolute Gasteiger partial charge is 0.386 e. The number of hydrogen-bond acceptors (Lipinski definition) is 6. The molecule has 0 aliphatic carbocycles. The molecule has 28 heavy (non-hydrogen) atoms. The van der Waals surface area contributed by atoms with Crippen molar-refractivity contribution in [2.75, 3.05) is 13.2 Å². The second-order valence-corrected chi connectivity index (χ2v) is 6.69. The molecular weight excluding hydrogens is 366 g/mol. The van der Waals surface area contributed by atoms with Gasteiger partial charge < -0.3 is 10.5 Å². The zero-order valence-corrected chi connectivity index (χ0v) is 15.2. The molecule has 0 fully saturated rings. The van der Waals surface area contributed by atoms with Crippen LogP contribution in [0.15, 0.2) is 41.5 Å². The lowest BCUT2D eigenvalue weighted by Crippen LogP contribution is -2.36. The van der Waals surface area contributed by atoms with Crippen LogP contribution in [0, 0.1) is 17.1 Å². The Morgan fingerprint density at radius 1 is 1.43 bits per heavy atom. The summed E-state index contributed by atoms with van der Waals surface area (Å²) in [6.07, 6.45) is -0.357. The van der Waals surface area contributed by atoms with Gasteiger partial charge in [0, 0.05) is 18.2 Å². The summed E-state index contributed by atoms with van der Waals surface area (Å²) in [5.41, 5.74) is 5.19. The van der Waals surface area contributed by atoms with Gasteiger partial charge in [-0.15, -0.1) is 0 Å². The summed E-state index contributed by atoms with van der Waals surface area (Å²) in [6, 6.07) is 8.93. The van der Waals surface area contributed by atoms with Crippen LogP contribution in [-0.2, 0) is 16.7 Å². The van der Waals surface area contributed by atoms with Crippen LogP contribution >= 0.6 is 0 Å². The van der Waals surface area contributed by atoms with Crippen molar-refractivity contribution in [3.05, 3.63) is 64.7 Å². The van der Waals surface area contributed by atoms with E-state index in [1.165, 1.54) is 43.5 Å². The zero-order valence-electron chi connectivity index (χ0n) is 15.2. The number of amidine groups is 1. The number of carbonyl (C=O) groups is 1. The van der Waals surface area contributed by atoms with Crippen LogP contribution in [0.3, 0.4) is 0 Å². The lowest BCUT2D eigenvalue weighted by atomic mass is 9.86. The first-order chi connectivity index (χ1) is 13.3. The first kappa shape index (κ1) is 19.6. The second kappa shape index (κ2) is 7.82. The molecule has 2 aromatic rings. The van der Waals surface area contributed by atoms with E-state index in [2.05, 4.69) is 9.98 Å². The van der Waals surface area contributed by atoms with Crippen LogP contribution in [-0.4, -0.2) is 36.0 Å². The van der Waals surface area contributed by atoms with Crippen LogP contribution in [0.2, 0.25) is 0 Å². The predicted molar refractivity (Wildman–Crippen MR) is 98.1 cm³/mol. The van der Waals surface area contributed by atoms with Crippen LogP contribution in [0.1, 0.15) is 34.1 Å². The fourth-order valence-electron chi connectivity index (χ4n) is 3.03. The van der Waals surface area contributed by atoms with Gasteiger partial charge in [0.15, 0.2) is 12.0 Å². The molecule has 6 nitrogen and oxygen atoms in total. The number of hydrogen-bond donors (Lipinski definition) is 1. The van der Waals surface area contributed by atoms with Crippen LogP contribution in [0.25, 0.3) is 0 Å². The number of Topliss-reactive ketones (excluding diaryl/α,β-unsaturated/α-hetero) is 1. The van der Waals surface area contributed by atoms with Crippen molar-refractivity contribution >= 4 is 11.6 Å². The number of carbonyl (C=O) groups excluding carboxylic acids is 1. The smallest absolute Gasteiger partial charge is 0.185 e. The van der Waals surface area contributed by atoms with Crippen molar-refractivity contribution in [2.24, 2.45) is 10.7 Å². The fourth-order valence-corrected chi connectivity index (χ4v) is 3.03. The molecule has 3 rings (SSSR count). The molecule has 0 saturated heterocycles. The van der Waals surface area contributed by atoms with Gasteiger partial charge >= 0.3 is 0 Å². The Morgan fingerprint density at radius 3 is 2.89 bits per heavy atom. The summed E-state index contributed by atoms with van der Waals surface area (Å²) in [5.74, 6) is -0.877. The number of ether oxygens (including phenoxy) is 1. The predicted octanol–water partition coefficient (Wildman–Crippen LogP) is 2.46. The first-order valence-corrected chi connectivity index (χ1v) is 8.57. The highest BCUT2D eigenvalue weighted by Gasteiger charge is 2.40. The molecule has 1 aliphatic heterocycles. The Balaban J connectivity index is 1.91. The summed E-state index contributed by atoms with van der Waals surface area (Å²) in [5, 5.41) is 8.80. The summed E-state index contributed by atoms with van der Waals surface area (Å²) in [7, 11) is 0. The van der Waals surface area contributed by atoms with Crippen molar-refractivity contribution in [3.63, 3.8) is 0 Å². The minimum atomic E-state index is -1.60. The van der Waals surface area contributed by atoms with E-state index in [4.69, 9.17) is 15.7 Å². The Morgan fingerprint density at radius 2 is 2.21 bits per heavy atom. The minimum Gasteiger partial charge on any atom is -0.386 e. The monoisotopic (exact) mass is 384 g/mol. The number of rotatable bonds is 4. The summed E-state index contributed by atoms with van der Waals surface area (Å²) >= 11 is 0. The number of benzene rings is 1. The molecule has 144 valence electrons. The van der Waals surface area contributed by atoms with Crippen molar-refractivity contribution in [3.8, 4) is 6.07 Å². The Bertz CT molecular complexity index is 969. The summed E-state index contributed by atoms with van der Waals surface area (Å²) in [4.78, 5) is 20.6. The molecule has 1 aromatic carbocycles. The van der Waals surface area contributed by atoms with Crippen molar-refractivity contribution in [1.82, 2.24) is 4.98 Å². The van der Waals surface area contributed by atoms with Crippen LogP contribution < -0.4 is 5.73 Å². The van der Waals surface area contributed by atoms with Gasteiger partial charge in [-0.2, -0.15) is 5.26 Å². The number of pyridine rings is 1. The summed E-state index contributed by atoms with van der Waals surface area (Å²) in [6.45, 7) is 1.16. The quantitative estimate of drug-likeness (QED) is 0.816. The third-order valence-electron chi connectivity index (χ3n) is 4.62.